The van der Waals surface area contributed by atoms with Gasteiger partial charge < -0.3 is 15.0 Å². The van der Waals surface area contributed by atoms with Gasteiger partial charge in [0.2, 0.25) is 0 Å². The zero-order valence-corrected chi connectivity index (χ0v) is 13.4. The van der Waals surface area contributed by atoms with E-state index in [1.165, 1.54) is 0 Å². The number of rotatable bonds is 5. The molecule has 5 nitrogen and oxygen atoms in total. The molecule has 122 valence electrons. The van der Waals surface area contributed by atoms with E-state index >= 15 is 0 Å². The monoisotopic (exact) mass is 322 g/mol. The zero-order chi connectivity index (χ0) is 16.9. The average molecular weight is 322 g/mol. The molecule has 2 aromatic carbocycles. The highest BCUT2D eigenvalue weighted by atomic mass is 16.5. The molecule has 0 atom stereocenters. The molecule has 0 radical (unpaired) electrons. The second kappa shape index (κ2) is 7.00. The van der Waals surface area contributed by atoms with Crippen molar-refractivity contribution in [3.8, 4) is 0 Å². The maximum Gasteiger partial charge on any atom is 0.340 e. The van der Waals surface area contributed by atoms with Crippen LogP contribution in [0.3, 0.4) is 0 Å². The highest BCUT2D eigenvalue weighted by Crippen LogP contribution is 2.24. The van der Waals surface area contributed by atoms with Gasteiger partial charge in [-0.1, -0.05) is 30.3 Å². The first-order valence-corrected chi connectivity index (χ1v) is 7.79. The van der Waals surface area contributed by atoms with Crippen molar-refractivity contribution >= 4 is 23.3 Å². The van der Waals surface area contributed by atoms with E-state index in [2.05, 4.69) is 5.32 Å². The number of ether oxygens (including phenoxy) is 1. The summed E-state index contributed by atoms with van der Waals surface area (Å²) in [6.45, 7) is 2.51. The number of carbonyl (C=O) groups excluding carboxylic acids is 2. The second-order valence-corrected chi connectivity index (χ2v) is 5.32. The quantitative estimate of drug-likeness (QED) is 0.859. The largest absolute Gasteiger partial charge is 0.462 e. The molecule has 0 aromatic heterocycles. The Morgan fingerprint density at radius 1 is 1.12 bits per heavy atom. The lowest BCUT2D eigenvalue weighted by Crippen LogP contribution is -2.26. The van der Waals surface area contributed by atoms with E-state index in [1.807, 2.05) is 36.4 Å². The Bertz CT molecular complexity index is 784. The highest BCUT2D eigenvalue weighted by Gasteiger charge is 2.23. The topological polar surface area (TPSA) is 58.6 Å². The summed E-state index contributed by atoms with van der Waals surface area (Å²) in [5.41, 5.74) is 2.66. The van der Waals surface area contributed by atoms with E-state index in [1.54, 1.807) is 36.1 Å². The Labute approximate surface area is 140 Å². The molecule has 1 heterocycles. The molecule has 5 heteroatoms. The molecule has 1 aliphatic heterocycles. The summed E-state index contributed by atoms with van der Waals surface area (Å²) in [6, 6.07) is 16.6. The summed E-state index contributed by atoms with van der Waals surface area (Å²) in [4.78, 5) is 25.9. The molecule has 0 saturated heterocycles. The van der Waals surface area contributed by atoms with Gasteiger partial charge in [0.25, 0.3) is 5.91 Å². The molecule has 0 unspecified atom stereocenters. The Kier molecular flexibility index (Phi) is 4.61. The first-order valence-electron chi connectivity index (χ1n) is 7.79. The van der Waals surface area contributed by atoms with Gasteiger partial charge in [-0.05, 0) is 31.2 Å². The van der Waals surface area contributed by atoms with Gasteiger partial charge in [0.15, 0.2) is 0 Å². The summed E-state index contributed by atoms with van der Waals surface area (Å²) >= 11 is 0. The van der Waals surface area contributed by atoms with Gasteiger partial charge in [0.1, 0.15) is 0 Å². The molecule has 1 aliphatic rings. The van der Waals surface area contributed by atoms with E-state index in [0.29, 0.717) is 24.4 Å². The van der Waals surface area contributed by atoms with Crippen LogP contribution in [-0.2, 0) is 9.53 Å². The van der Waals surface area contributed by atoms with Crippen LogP contribution in [0.25, 0.3) is 0 Å². The summed E-state index contributed by atoms with van der Waals surface area (Å²) in [5.74, 6) is -0.470. The number of nitrogens with zero attached hydrogens (tertiary/aromatic N) is 1. The first-order chi connectivity index (χ1) is 11.7. The van der Waals surface area contributed by atoms with Gasteiger partial charge in [0, 0.05) is 17.5 Å². The smallest absolute Gasteiger partial charge is 0.340 e. The maximum atomic E-state index is 12.2. The van der Waals surface area contributed by atoms with Gasteiger partial charge >= 0.3 is 5.97 Å². The lowest BCUT2D eigenvalue weighted by Gasteiger charge is -2.17. The summed E-state index contributed by atoms with van der Waals surface area (Å²) in [7, 11) is 0. The van der Waals surface area contributed by atoms with Crippen molar-refractivity contribution in [1.82, 2.24) is 0 Å². The van der Waals surface area contributed by atoms with E-state index in [9.17, 15) is 9.59 Å². The highest BCUT2D eigenvalue weighted by molar-refractivity contribution is 6.06. The lowest BCUT2D eigenvalue weighted by molar-refractivity contribution is -0.113. The standard InChI is InChI=1S/C19H18N2O3/c1-2-24-19(23)16-10-6-7-11-17(16)20-14-12-18(22)21(13-14)15-8-4-3-5-9-15/h3-12,20H,2,13H2,1H3. The number of benzene rings is 2. The molecule has 0 spiro atoms. The molecular formula is C19H18N2O3. The molecule has 0 fully saturated rings. The van der Waals surface area contributed by atoms with Crippen LogP contribution in [0.1, 0.15) is 17.3 Å². The van der Waals surface area contributed by atoms with Crippen LogP contribution in [0.5, 0.6) is 0 Å². The predicted molar refractivity (Wildman–Crippen MR) is 92.9 cm³/mol. The van der Waals surface area contributed by atoms with Gasteiger partial charge in [0.05, 0.1) is 24.4 Å². The molecule has 0 bridgehead atoms. The number of hydrogen-bond donors (Lipinski definition) is 1. The second-order valence-electron chi connectivity index (χ2n) is 5.32. The summed E-state index contributed by atoms with van der Waals surface area (Å²) in [5, 5.41) is 3.18. The first kappa shape index (κ1) is 15.8. The molecule has 0 aliphatic carbocycles. The molecule has 1 amide bonds. The Balaban J connectivity index is 1.77. The van der Waals surface area contributed by atoms with Crippen molar-refractivity contribution in [1.29, 1.82) is 0 Å². The number of esters is 1. The zero-order valence-electron chi connectivity index (χ0n) is 13.4. The molecule has 2 aromatic rings. The fourth-order valence-corrected chi connectivity index (χ4v) is 2.57. The third-order valence-corrected chi connectivity index (χ3v) is 3.68. The molecule has 3 rings (SSSR count). The third-order valence-electron chi connectivity index (χ3n) is 3.68. The van der Waals surface area contributed by atoms with Crippen molar-refractivity contribution in [2.24, 2.45) is 0 Å². The van der Waals surface area contributed by atoms with Gasteiger partial charge in [-0.15, -0.1) is 0 Å². The maximum absolute atomic E-state index is 12.2. The Morgan fingerprint density at radius 2 is 1.83 bits per heavy atom. The van der Waals surface area contributed by atoms with Crippen LogP contribution in [0.15, 0.2) is 66.4 Å². The number of amides is 1. The van der Waals surface area contributed by atoms with Crippen LogP contribution in [-0.4, -0.2) is 25.0 Å². The third kappa shape index (κ3) is 3.30. The van der Waals surface area contributed by atoms with Gasteiger partial charge in [-0.25, -0.2) is 4.79 Å². The predicted octanol–water partition coefficient (Wildman–Crippen LogP) is 3.21. The van der Waals surface area contributed by atoms with Crippen LogP contribution in [0, 0.1) is 0 Å². The summed E-state index contributed by atoms with van der Waals surface area (Å²) < 4.78 is 5.07. The fourth-order valence-electron chi connectivity index (χ4n) is 2.57. The minimum atomic E-state index is -0.384. The van der Waals surface area contributed by atoms with Gasteiger partial charge in [-0.3, -0.25) is 4.79 Å². The van der Waals surface area contributed by atoms with E-state index in [-0.39, 0.29) is 11.9 Å². The van der Waals surface area contributed by atoms with E-state index in [4.69, 9.17) is 4.74 Å². The van der Waals surface area contributed by atoms with Crippen LogP contribution >= 0.6 is 0 Å². The van der Waals surface area contributed by atoms with Crippen molar-refractivity contribution in [3.63, 3.8) is 0 Å². The average Bonchev–Trinajstić information content (AvgIpc) is 2.97. The van der Waals surface area contributed by atoms with Crippen LogP contribution < -0.4 is 10.2 Å². The van der Waals surface area contributed by atoms with Crippen molar-refractivity contribution in [2.45, 2.75) is 6.92 Å². The molecule has 24 heavy (non-hydrogen) atoms. The SMILES string of the molecule is CCOC(=O)c1ccccc1NC1=CC(=O)N(c2ccccc2)C1. The normalized spacial score (nSPS) is 13.6. The molecule has 1 N–H and O–H groups in total. The number of hydrogen-bond acceptors (Lipinski definition) is 4. The van der Waals surface area contributed by atoms with Crippen molar-refractivity contribution < 1.29 is 14.3 Å². The van der Waals surface area contributed by atoms with Crippen LogP contribution in [0.4, 0.5) is 11.4 Å². The van der Waals surface area contributed by atoms with Crippen LogP contribution in [0.2, 0.25) is 0 Å². The van der Waals surface area contributed by atoms with E-state index in [0.717, 1.165) is 11.4 Å². The number of nitrogens with one attached hydrogen (secondary N) is 1. The minimum absolute atomic E-state index is 0.0858. The number of para-hydroxylation sites is 2. The van der Waals surface area contributed by atoms with Crippen molar-refractivity contribution in [3.05, 3.63) is 71.9 Å². The number of carbonyl (C=O) groups is 2. The van der Waals surface area contributed by atoms with Gasteiger partial charge in [-0.2, -0.15) is 0 Å². The van der Waals surface area contributed by atoms with E-state index < -0.39 is 0 Å². The lowest BCUT2D eigenvalue weighted by atomic mass is 10.1. The molecule has 0 saturated carbocycles. The minimum Gasteiger partial charge on any atom is -0.462 e. The van der Waals surface area contributed by atoms with Crippen molar-refractivity contribution in [2.75, 3.05) is 23.4 Å². The summed E-state index contributed by atoms with van der Waals surface area (Å²) in [6.07, 6.45) is 1.55. The number of anilines is 2. The fraction of sp³-hybridized carbons (Fsp3) is 0.158. The Morgan fingerprint density at radius 3 is 2.58 bits per heavy atom. The Hall–Kier alpha value is -3.08. The molecular weight excluding hydrogens is 304 g/mol.